The lowest BCUT2D eigenvalue weighted by molar-refractivity contribution is 0.416. The van der Waals surface area contributed by atoms with Crippen LogP contribution in [-0.4, -0.2) is 14.8 Å². The molecule has 0 aliphatic rings. The standard InChI is InChI=1S/C7H13N3O/c1-3-6(4-2)10-7(11)8-5-9-10/h5-6H,3-4H2,1-2H3,(H,8,9,11). The summed E-state index contributed by atoms with van der Waals surface area (Å²) in [6, 6.07) is 0.244. The fraction of sp³-hybridized carbons (Fsp3) is 0.714. The molecule has 0 fully saturated rings. The van der Waals surface area contributed by atoms with Gasteiger partial charge in [0.2, 0.25) is 0 Å². The summed E-state index contributed by atoms with van der Waals surface area (Å²) in [5.41, 5.74) is -0.112. The molecule has 1 heterocycles. The van der Waals surface area contributed by atoms with E-state index in [1.807, 2.05) is 0 Å². The molecule has 1 N–H and O–H groups in total. The van der Waals surface area contributed by atoms with Gasteiger partial charge < -0.3 is 0 Å². The van der Waals surface area contributed by atoms with Crippen molar-refractivity contribution in [3.63, 3.8) is 0 Å². The molecule has 0 radical (unpaired) electrons. The van der Waals surface area contributed by atoms with Crippen molar-refractivity contribution in [1.29, 1.82) is 0 Å². The zero-order valence-corrected chi connectivity index (χ0v) is 6.87. The van der Waals surface area contributed by atoms with Crippen LogP contribution in [0.2, 0.25) is 0 Å². The molecule has 4 nitrogen and oxygen atoms in total. The third-order valence-electron chi connectivity index (χ3n) is 1.87. The van der Waals surface area contributed by atoms with E-state index in [0.717, 1.165) is 12.8 Å². The van der Waals surface area contributed by atoms with Gasteiger partial charge in [-0.3, -0.25) is 4.98 Å². The number of hydrogen-bond donors (Lipinski definition) is 1. The van der Waals surface area contributed by atoms with Crippen LogP contribution in [0.4, 0.5) is 0 Å². The monoisotopic (exact) mass is 155 g/mol. The first-order valence-electron chi connectivity index (χ1n) is 3.91. The van der Waals surface area contributed by atoms with Crippen LogP contribution in [0.15, 0.2) is 11.1 Å². The summed E-state index contributed by atoms with van der Waals surface area (Å²) in [6.07, 6.45) is 3.32. The number of aromatic nitrogens is 3. The van der Waals surface area contributed by atoms with Crippen molar-refractivity contribution >= 4 is 0 Å². The van der Waals surface area contributed by atoms with Crippen molar-refractivity contribution in [2.45, 2.75) is 32.7 Å². The molecular weight excluding hydrogens is 142 g/mol. The number of H-pyrrole nitrogens is 1. The van der Waals surface area contributed by atoms with Crippen LogP contribution in [0.5, 0.6) is 0 Å². The minimum Gasteiger partial charge on any atom is -0.295 e. The van der Waals surface area contributed by atoms with Gasteiger partial charge in [-0.25, -0.2) is 9.48 Å². The first-order chi connectivity index (χ1) is 5.29. The molecule has 0 aliphatic heterocycles. The molecule has 4 heteroatoms. The highest BCUT2D eigenvalue weighted by Gasteiger charge is 2.08. The molecule has 1 rings (SSSR count). The maximum absolute atomic E-state index is 11.0. The Morgan fingerprint density at radius 3 is 2.64 bits per heavy atom. The Kier molecular flexibility index (Phi) is 2.46. The maximum Gasteiger partial charge on any atom is 0.343 e. The van der Waals surface area contributed by atoms with Crippen LogP contribution in [-0.2, 0) is 0 Å². The zero-order valence-electron chi connectivity index (χ0n) is 6.87. The molecule has 0 aliphatic carbocycles. The molecule has 0 aromatic carbocycles. The largest absolute Gasteiger partial charge is 0.343 e. The van der Waals surface area contributed by atoms with Gasteiger partial charge in [0.15, 0.2) is 0 Å². The molecule has 0 unspecified atom stereocenters. The van der Waals surface area contributed by atoms with Crippen molar-refractivity contribution in [3.8, 4) is 0 Å². The molecule has 11 heavy (non-hydrogen) atoms. The molecule has 62 valence electrons. The predicted molar refractivity (Wildman–Crippen MR) is 42.5 cm³/mol. The fourth-order valence-electron chi connectivity index (χ4n) is 1.16. The normalized spacial score (nSPS) is 10.8. The lowest BCUT2D eigenvalue weighted by Crippen LogP contribution is -2.22. The Balaban J connectivity index is 2.90. The van der Waals surface area contributed by atoms with E-state index in [9.17, 15) is 4.79 Å². The van der Waals surface area contributed by atoms with E-state index in [0.29, 0.717) is 0 Å². The second-order valence-corrected chi connectivity index (χ2v) is 2.51. The maximum atomic E-state index is 11.0. The molecule has 0 saturated carbocycles. The fourth-order valence-corrected chi connectivity index (χ4v) is 1.16. The first-order valence-corrected chi connectivity index (χ1v) is 3.91. The van der Waals surface area contributed by atoms with Crippen molar-refractivity contribution < 1.29 is 0 Å². The third kappa shape index (κ3) is 1.50. The van der Waals surface area contributed by atoms with Crippen LogP contribution in [0.1, 0.15) is 32.7 Å². The molecule has 0 spiro atoms. The van der Waals surface area contributed by atoms with E-state index in [4.69, 9.17) is 0 Å². The van der Waals surface area contributed by atoms with E-state index in [-0.39, 0.29) is 11.7 Å². The zero-order chi connectivity index (χ0) is 8.27. The highest BCUT2D eigenvalue weighted by molar-refractivity contribution is 4.67. The van der Waals surface area contributed by atoms with Gasteiger partial charge in [-0.15, -0.1) is 0 Å². The predicted octanol–water partition coefficient (Wildman–Crippen LogP) is 0.932. The van der Waals surface area contributed by atoms with Crippen LogP contribution in [0, 0.1) is 0 Å². The number of nitrogens with zero attached hydrogens (tertiary/aromatic N) is 2. The van der Waals surface area contributed by atoms with E-state index < -0.39 is 0 Å². The topological polar surface area (TPSA) is 50.7 Å². The van der Waals surface area contributed by atoms with E-state index in [1.165, 1.54) is 11.0 Å². The third-order valence-corrected chi connectivity index (χ3v) is 1.87. The van der Waals surface area contributed by atoms with Crippen molar-refractivity contribution in [2.24, 2.45) is 0 Å². The quantitative estimate of drug-likeness (QED) is 0.706. The lowest BCUT2D eigenvalue weighted by atomic mass is 10.2. The SMILES string of the molecule is CCC(CC)n1nc[nH]c1=O. The second-order valence-electron chi connectivity index (χ2n) is 2.51. The van der Waals surface area contributed by atoms with Gasteiger partial charge in [0.05, 0.1) is 6.04 Å². The Morgan fingerprint density at radius 2 is 2.27 bits per heavy atom. The number of hydrogen-bond acceptors (Lipinski definition) is 2. The van der Waals surface area contributed by atoms with Crippen molar-refractivity contribution in [3.05, 3.63) is 16.8 Å². The summed E-state index contributed by atoms with van der Waals surface area (Å²) in [7, 11) is 0. The molecular formula is C7H13N3O. The minimum atomic E-state index is -0.112. The van der Waals surface area contributed by atoms with Crippen LogP contribution >= 0.6 is 0 Å². The van der Waals surface area contributed by atoms with Crippen LogP contribution < -0.4 is 5.69 Å². The Labute approximate surface area is 65.2 Å². The Hall–Kier alpha value is -1.06. The molecule has 0 bridgehead atoms. The Morgan fingerprint density at radius 1 is 1.64 bits per heavy atom. The molecule has 1 aromatic heterocycles. The smallest absolute Gasteiger partial charge is 0.295 e. The van der Waals surface area contributed by atoms with E-state index in [2.05, 4.69) is 23.9 Å². The van der Waals surface area contributed by atoms with Gasteiger partial charge in [-0.05, 0) is 12.8 Å². The van der Waals surface area contributed by atoms with Crippen molar-refractivity contribution in [2.75, 3.05) is 0 Å². The summed E-state index contributed by atoms with van der Waals surface area (Å²) in [5, 5.41) is 3.91. The van der Waals surface area contributed by atoms with Gasteiger partial charge in [-0.1, -0.05) is 13.8 Å². The van der Waals surface area contributed by atoms with Gasteiger partial charge in [-0.2, -0.15) is 5.10 Å². The number of nitrogens with one attached hydrogen (secondary N) is 1. The molecule has 1 aromatic rings. The number of aromatic amines is 1. The summed E-state index contributed by atoms with van der Waals surface area (Å²) >= 11 is 0. The number of rotatable bonds is 3. The Bertz CT molecular complexity index is 259. The summed E-state index contributed by atoms with van der Waals surface area (Å²) in [4.78, 5) is 13.5. The van der Waals surface area contributed by atoms with Gasteiger partial charge >= 0.3 is 5.69 Å². The lowest BCUT2D eigenvalue weighted by Gasteiger charge is -2.09. The van der Waals surface area contributed by atoms with Crippen LogP contribution in [0.25, 0.3) is 0 Å². The van der Waals surface area contributed by atoms with Gasteiger partial charge in [0.25, 0.3) is 0 Å². The molecule has 0 saturated heterocycles. The summed E-state index contributed by atoms with van der Waals surface area (Å²) < 4.78 is 1.50. The average molecular weight is 155 g/mol. The first kappa shape index (κ1) is 8.04. The summed E-state index contributed by atoms with van der Waals surface area (Å²) in [6.45, 7) is 4.10. The average Bonchev–Trinajstić information content (AvgIpc) is 2.40. The van der Waals surface area contributed by atoms with E-state index in [1.54, 1.807) is 0 Å². The second kappa shape index (κ2) is 3.37. The van der Waals surface area contributed by atoms with Crippen LogP contribution in [0.3, 0.4) is 0 Å². The summed E-state index contributed by atoms with van der Waals surface area (Å²) in [5.74, 6) is 0. The molecule has 0 amide bonds. The van der Waals surface area contributed by atoms with Crippen molar-refractivity contribution in [1.82, 2.24) is 14.8 Å². The molecule has 0 atom stereocenters. The van der Waals surface area contributed by atoms with E-state index >= 15 is 0 Å². The van der Waals surface area contributed by atoms with Gasteiger partial charge in [0.1, 0.15) is 6.33 Å². The highest BCUT2D eigenvalue weighted by atomic mass is 16.1. The highest BCUT2D eigenvalue weighted by Crippen LogP contribution is 2.09. The minimum absolute atomic E-state index is 0.112. The van der Waals surface area contributed by atoms with Gasteiger partial charge in [0, 0.05) is 0 Å².